The van der Waals surface area contributed by atoms with E-state index in [0.717, 1.165) is 49.4 Å². The molecule has 2 N–H and O–H groups in total. The zero-order chi connectivity index (χ0) is 13.5. The van der Waals surface area contributed by atoms with Crippen LogP contribution in [0.4, 0.5) is 5.69 Å². The zero-order valence-corrected chi connectivity index (χ0v) is 11.1. The van der Waals surface area contributed by atoms with E-state index in [9.17, 15) is 4.79 Å². The number of benzene rings is 1. The Hall–Kier alpha value is -2.14. The average Bonchev–Trinajstić information content (AvgIpc) is 3.11. The van der Waals surface area contributed by atoms with Gasteiger partial charge in [0, 0.05) is 43.0 Å². The molecular weight excluding hydrogens is 252 g/mol. The number of anilines is 1. The van der Waals surface area contributed by atoms with E-state index in [2.05, 4.69) is 21.6 Å². The van der Waals surface area contributed by atoms with Gasteiger partial charge in [-0.3, -0.25) is 9.89 Å². The molecule has 0 fully saturated rings. The molecule has 20 heavy (non-hydrogen) atoms. The first-order valence-corrected chi connectivity index (χ1v) is 7.01. The number of H-pyrrole nitrogens is 1. The van der Waals surface area contributed by atoms with E-state index in [-0.39, 0.29) is 5.91 Å². The Morgan fingerprint density at radius 2 is 2.15 bits per heavy atom. The minimum Gasteiger partial charge on any atom is -0.312 e. The van der Waals surface area contributed by atoms with Gasteiger partial charge in [-0.25, -0.2) is 0 Å². The highest BCUT2D eigenvalue weighted by Gasteiger charge is 2.30. The molecule has 0 bridgehead atoms. The van der Waals surface area contributed by atoms with Gasteiger partial charge < -0.3 is 10.2 Å². The normalized spacial score (nSPS) is 16.9. The first-order valence-electron chi connectivity index (χ1n) is 7.01. The van der Waals surface area contributed by atoms with E-state index in [1.54, 1.807) is 0 Å². The minimum absolute atomic E-state index is 0.0103. The Kier molecular flexibility index (Phi) is 2.60. The summed E-state index contributed by atoms with van der Waals surface area (Å²) in [5, 5.41) is 10.6. The van der Waals surface area contributed by atoms with Crippen LogP contribution in [0, 0.1) is 0 Å². The van der Waals surface area contributed by atoms with Crippen LogP contribution in [-0.4, -0.2) is 29.2 Å². The number of aromatic amines is 1. The number of para-hydroxylation sites is 1. The van der Waals surface area contributed by atoms with Crippen LogP contribution in [0.25, 0.3) is 0 Å². The molecule has 5 nitrogen and oxygen atoms in total. The van der Waals surface area contributed by atoms with Gasteiger partial charge in [-0.2, -0.15) is 5.10 Å². The minimum atomic E-state index is 0.0103. The van der Waals surface area contributed by atoms with Gasteiger partial charge in [0.1, 0.15) is 0 Å². The van der Waals surface area contributed by atoms with Crippen molar-refractivity contribution in [3.05, 3.63) is 46.8 Å². The second-order valence-corrected chi connectivity index (χ2v) is 5.29. The lowest BCUT2D eigenvalue weighted by molar-refractivity contribution is 0.0983. The van der Waals surface area contributed by atoms with Gasteiger partial charge in [0.25, 0.3) is 5.91 Å². The highest BCUT2D eigenvalue weighted by molar-refractivity contribution is 6.07. The fraction of sp³-hybridized carbons (Fsp3) is 0.333. The number of carbonyl (C=O) groups excluding carboxylic acids is 1. The molecule has 1 aromatic heterocycles. The summed E-state index contributed by atoms with van der Waals surface area (Å²) in [5.74, 6) is 0.0103. The van der Waals surface area contributed by atoms with E-state index in [0.29, 0.717) is 5.69 Å². The van der Waals surface area contributed by atoms with Gasteiger partial charge in [0.2, 0.25) is 0 Å². The molecule has 3 heterocycles. The highest BCUT2D eigenvalue weighted by atomic mass is 16.2. The molecule has 0 spiro atoms. The third-order valence-electron chi connectivity index (χ3n) is 4.14. The van der Waals surface area contributed by atoms with Gasteiger partial charge in [-0.1, -0.05) is 18.2 Å². The molecule has 0 unspecified atom stereocenters. The van der Waals surface area contributed by atoms with Crippen molar-refractivity contribution in [3.63, 3.8) is 0 Å². The number of nitrogens with one attached hydrogen (secondary N) is 2. The van der Waals surface area contributed by atoms with Crippen LogP contribution < -0.4 is 10.2 Å². The van der Waals surface area contributed by atoms with Crippen molar-refractivity contribution in [1.82, 2.24) is 15.5 Å². The average molecular weight is 268 g/mol. The standard InChI is InChI=1S/C15H16N4O/c20-15(14-11-9-16-7-5-12(11)17-18-14)19-8-6-10-3-1-2-4-13(10)19/h1-4,16H,5-9H2,(H,17,18). The second-order valence-electron chi connectivity index (χ2n) is 5.29. The molecule has 2 aromatic rings. The molecule has 1 aromatic carbocycles. The summed E-state index contributed by atoms with van der Waals surface area (Å²) in [6.45, 7) is 2.41. The van der Waals surface area contributed by atoms with E-state index in [1.165, 1.54) is 5.56 Å². The third-order valence-corrected chi connectivity index (χ3v) is 4.14. The van der Waals surface area contributed by atoms with Crippen LogP contribution in [0.5, 0.6) is 0 Å². The van der Waals surface area contributed by atoms with Crippen LogP contribution in [0.15, 0.2) is 24.3 Å². The van der Waals surface area contributed by atoms with E-state index >= 15 is 0 Å². The van der Waals surface area contributed by atoms with E-state index in [4.69, 9.17) is 0 Å². The SMILES string of the molecule is O=C(c1n[nH]c2c1CNCC2)N1CCc2ccccc21. The Bertz CT molecular complexity index is 676. The fourth-order valence-electron chi connectivity index (χ4n) is 3.08. The number of rotatable bonds is 1. The molecule has 102 valence electrons. The number of carbonyl (C=O) groups is 1. The van der Waals surface area contributed by atoms with Crippen molar-refractivity contribution in [2.75, 3.05) is 18.0 Å². The summed E-state index contributed by atoms with van der Waals surface area (Å²) in [7, 11) is 0. The smallest absolute Gasteiger partial charge is 0.279 e. The maximum atomic E-state index is 12.8. The Balaban J connectivity index is 1.70. The van der Waals surface area contributed by atoms with Gasteiger partial charge in [0.15, 0.2) is 5.69 Å². The fourth-order valence-corrected chi connectivity index (χ4v) is 3.08. The van der Waals surface area contributed by atoms with Crippen molar-refractivity contribution < 1.29 is 4.79 Å². The predicted molar refractivity (Wildman–Crippen MR) is 75.8 cm³/mol. The molecule has 2 aliphatic rings. The van der Waals surface area contributed by atoms with E-state index < -0.39 is 0 Å². The number of amides is 1. The van der Waals surface area contributed by atoms with Crippen molar-refractivity contribution in [2.45, 2.75) is 19.4 Å². The molecule has 5 heteroatoms. The summed E-state index contributed by atoms with van der Waals surface area (Å²) in [6, 6.07) is 8.10. The molecule has 0 saturated heterocycles. The Labute approximate surface area is 117 Å². The summed E-state index contributed by atoms with van der Waals surface area (Å²) in [4.78, 5) is 14.6. The third kappa shape index (κ3) is 1.67. The summed E-state index contributed by atoms with van der Waals surface area (Å²) >= 11 is 0. The molecule has 0 aliphatic carbocycles. The molecule has 0 saturated carbocycles. The van der Waals surface area contributed by atoms with Crippen LogP contribution in [0.1, 0.15) is 27.3 Å². The highest BCUT2D eigenvalue weighted by Crippen LogP contribution is 2.29. The molecule has 4 rings (SSSR count). The number of hydrogen-bond acceptors (Lipinski definition) is 3. The summed E-state index contributed by atoms with van der Waals surface area (Å²) in [5.41, 5.74) is 4.97. The largest absolute Gasteiger partial charge is 0.312 e. The number of nitrogens with zero attached hydrogens (tertiary/aromatic N) is 2. The van der Waals surface area contributed by atoms with Gasteiger partial charge >= 0.3 is 0 Å². The van der Waals surface area contributed by atoms with Crippen molar-refractivity contribution in [3.8, 4) is 0 Å². The Morgan fingerprint density at radius 1 is 1.25 bits per heavy atom. The van der Waals surface area contributed by atoms with Crippen LogP contribution >= 0.6 is 0 Å². The van der Waals surface area contributed by atoms with Gasteiger partial charge in [0.05, 0.1) is 0 Å². The molecule has 1 amide bonds. The van der Waals surface area contributed by atoms with Crippen molar-refractivity contribution in [1.29, 1.82) is 0 Å². The summed E-state index contributed by atoms with van der Waals surface area (Å²) < 4.78 is 0. The van der Waals surface area contributed by atoms with Crippen LogP contribution in [0.2, 0.25) is 0 Å². The monoisotopic (exact) mass is 268 g/mol. The molecule has 0 radical (unpaired) electrons. The number of hydrogen-bond donors (Lipinski definition) is 2. The lowest BCUT2D eigenvalue weighted by Gasteiger charge is -2.18. The zero-order valence-electron chi connectivity index (χ0n) is 11.1. The lowest BCUT2D eigenvalue weighted by atomic mass is 10.1. The predicted octanol–water partition coefficient (Wildman–Crippen LogP) is 1.26. The first-order chi connectivity index (χ1) is 9.84. The number of aromatic nitrogens is 2. The second kappa shape index (κ2) is 4.45. The molecule has 0 atom stereocenters. The maximum Gasteiger partial charge on any atom is 0.279 e. The van der Waals surface area contributed by atoms with Crippen molar-refractivity contribution >= 4 is 11.6 Å². The topological polar surface area (TPSA) is 61.0 Å². The summed E-state index contributed by atoms with van der Waals surface area (Å²) in [6.07, 6.45) is 1.83. The Morgan fingerprint density at radius 3 is 3.10 bits per heavy atom. The first kappa shape index (κ1) is 11.7. The van der Waals surface area contributed by atoms with Gasteiger partial charge in [-0.05, 0) is 18.1 Å². The van der Waals surface area contributed by atoms with E-state index in [1.807, 2.05) is 23.1 Å². The molecular formula is C15H16N4O. The van der Waals surface area contributed by atoms with Crippen LogP contribution in [-0.2, 0) is 19.4 Å². The van der Waals surface area contributed by atoms with Gasteiger partial charge in [-0.15, -0.1) is 0 Å². The maximum absolute atomic E-state index is 12.8. The quantitative estimate of drug-likeness (QED) is 0.818. The lowest BCUT2D eigenvalue weighted by Crippen LogP contribution is -2.31. The number of fused-ring (bicyclic) bond motifs is 2. The van der Waals surface area contributed by atoms with Crippen LogP contribution in [0.3, 0.4) is 0 Å². The van der Waals surface area contributed by atoms with Crippen molar-refractivity contribution in [2.24, 2.45) is 0 Å². The molecule has 2 aliphatic heterocycles.